The second kappa shape index (κ2) is 17.1. The van der Waals surface area contributed by atoms with Crippen LogP contribution in [0.4, 0.5) is 5.69 Å². The Morgan fingerprint density at radius 1 is 1.00 bits per heavy atom. The summed E-state index contributed by atoms with van der Waals surface area (Å²) in [4.78, 5) is 18.1. The molecular weight excluding hydrogens is 657 g/mol. The van der Waals surface area contributed by atoms with Gasteiger partial charge in [0.1, 0.15) is 22.9 Å². The van der Waals surface area contributed by atoms with E-state index >= 15 is 0 Å². The Balaban J connectivity index is 1.33. The van der Waals surface area contributed by atoms with Gasteiger partial charge in [0.15, 0.2) is 5.58 Å². The first-order chi connectivity index (χ1) is 25.0. The number of oxazole rings is 1. The average Bonchev–Trinajstić information content (AvgIpc) is 3.90. The second-order valence-electron chi connectivity index (χ2n) is 12.9. The fourth-order valence-corrected chi connectivity index (χ4v) is 7.53. The van der Waals surface area contributed by atoms with Crippen molar-refractivity contribution in [2.75, 3.05) is 11.6 Å². The molecule has 0 radical (unpaired) electrons. The topological polar surface area (TPSA) is 112 Å². The zero-order valence-corrected chi connectivity index (χ0v) is 30.1. The number of aliphatic carboxylic acids is 1. The Bertz CT molecular complexity index is 2000. The fourth-order valence-electron chi connectivity index (χ4n) is 6.38. The standard InChI is InChI=1S/C42H44N4O4S/c1-3-5-7-9-13-31-25-35(26-32(28-43)42(47)48)51-40(31)37-27-38(29-18-22-34(23-19-29)49-24-12-8-6-4-2)46(45-37)33-20-16-30(17-21-33)41-44-36-14-10-11-15-39(36)50-41/h10-11,14-23,25-26,38H,3-9,12-13,24,27H2,1-2H3,(H,47,48)/b32-26+. The Kier molecular flexibility index (Phi) is 12.0. The number of aromatic nitrogens is 1. The Morgan fingerprint density at radius 2 is 1.75 bits per heavy atom. The lowest BCUT2D eigenvalue weighted by molar-refractivity contribution is -0.132. The number of carboxylic acids is 1. The van der Waals surface area contributed by atoms with Gasteiger partial charge in [-0.1, -0.05) is 76.6 Å². The van der Waals surface area contributed by atoms with E-state index in [1.165, 1.54) is 43.1 Å². The number of hydrogen-bond acceptors (Lipinski definition) is 8. The summed E-state index contributed by atoms with van der Waals surface area (Å²) >= 11 is 1.51. The van der Waals surface area contributed by atoms with Crippen molar-refractivity contribution in [3.8, 4) is 23.3 Å². The molecule has 0 saturated heterocycles. The summed E-state index contributed by atoms with van der Waals surface area (Å²) in [5.74, 6) is 0.204. The molecule has 1 atom stereocenters. The molecule has 0 spiro atoms. The second-order valence-corrected chi connectivity index (χ2v) is 14.0. The molecule has 3 heterocycles. The molecule has 0 amide bonds. The van der Waals surface area contributed by atoms with E-state index in [2.05, 4.69) is 48.1 Å². The first-order valence-electron chi connectivity index (χ1n) is 18.0. The van der Waals surface area contributed by atoms with Crippen LogP contribution in [0.5, 0.6) is 5.75 Å². The number of ether oxygens (including phenoxy) is 1. The highest BCUT2D eigenvalue weighted by atomic mass is 32.1. The number of nitriles is 1. The third-order valence-electron chi connectivity index (χ3n) is 9.14. The van der Waals surface area contributed by atoms with Crippen LogP contribution in [0, 0.1) is 11.3 Å². The van der Waals surface area contributed by atoms with Crippen molar-refractivity contribution < 1.29 is 19.1 Å². The van der Waals surface area contributed by atoms with Gasteiger partial charge < -0.3 is 14.3 Å². The van der Waals surface area contributed by atoms with E-state index in [4.69, 9.17) is 14.3 Å². The van der Waals surface area contributed by atoms with Crippen molar-refractivity contribution in [2.24, 2.45) is 5.10 Å². The maximum absolute atomic E-state index is 11.7. The van der Waals surface area contributed by atoms with E-state index in [1.807, 2.05) is 60.7 Å². The molecule has 5 aromatic rings. The maximum atomic E-state index is 11.7. The highest BCUT2D eigenvalue weighted by Crippen LogP contribution is 2.40. The van der Waals surface area contributed by atoms with Gasteiger partial charge in [0, 0.05) is 16.9 Å². The number of para-hydroxylation sites is 2. The number of carboxylic acid groups (broad SMARTS) is 1. The van der Waals surface area contributed by atoms with Crippen LogP contribution in [0.1, 0.15) is 98.6 Å². The number of rotatable bonds is 17. The van der Waals surface area contributed by atoms with Gasteiger partial charge in [-0.2, -0.15) is 10.4 Å². The molecule has 1 aliphatic rings. The lowest BCUT2D eigenvalue weighted by atomic mass is 9.98. The van der Waals surface area contributed by atoms with Crippen LogP contribution < -0.4 is 9.75 Å². The monoisotopic (exact) mass is 700 g/mol. The third kappa shape index (κ3) is 8.76. The van der Waals surface area contributed by atoms with Crippen molar-refractivity contribution in [1.82, 2.24) is 4.98 Å². The molecule has 2 aromatic heterocycles. The molecule has 9 heteroatoms. The minimum atomic E-state index is -1.23. The van der Waals surface area contributed by atoms with Crippen molar-refractivity contribution in [3.63, 3.8) is 0 Å². The SMILES string of the molecule is CCCCCCOc1ccc(C2CC(c3sc(/C=C(\C#N)C(=O)O)cc3CCCCCC)=NN2c2ccc(-c3nc4ccccc4o3)cc2)cc1. The molecule has 1 N–H and O–H groups in total. The third-order valence-corrected chi connectivity index (χ3v) is 10.3. The summed E-state index contributed by atoms with van der Waals surface area (Å²) in [5.41, 5.74) is 6.31. The van der Waals surface area contributed by atoms with Gasteiger partial charge in [0.25, 0.3) is 0 Å². The number of fused-ring (bicyclic) bond motifs is 1. The van der Waals surface area contributed by atoms with Gasteiger partial charge in [0.2, 0.25) is 5.89 Å². The quantitative estimate of drug-likeness (QED) is 0.0583. The number of thiophene rings is 1. The van der Waals surface area contributed by atoms with E-state index in [-0.39, 0.29) is 11.6 Å². The number of nitrogens with zero attached hydrogens (tertiary/aromatic N) is 4. The van der Waals surface area contributed by atoms with Gasteiger partial charge in [-0.15, -0.1) is 11.3 Å². The lowest BCUT2D eigenvalue weighted by Crippen LogP contribution is -2.18. The first-order valence-corrected chi connectivity index (χ1v) is 18.8. The summed E-state index contributed by atoms with van der Waals surface area (Å²) in [6.07, 6.45) is 12.1. The number of anilines is 1. The molecule has 262 valence electrons. The predicted octanol–water partition coefficient (Wildman–Crippen LogP) is 11.0. The zero-order chi connectivity index (χ0) is 35.6. The van der Waals surface area contributed by atoms with E-state index < -0.39 is 5.97 Å². The minimum absolute atomic E-state index is 0.0727. The summed E-state index contributed by atoms with van der Waals surface area (Å²) in [5, 5.41) is 26.3. The van der Waals surface area contributed by atoms with Gasteiger partial charge in [-0.25, -0.2) is 9.78 Å². The van der Waals surface area contributed by atoms with Crippen LogP contribution in [0.3, 0.4) is 0 Å². The number of hydrogen-bond donors (Lipinski definition) is 1. The van der Waals surface area contributed by atoms with E-state index in [0.29, 0.717) is 18.9 Å². The molecule has 51 heavy (non-hydrogen) atoms. The number of hydrazone groups is 1. The van der Waals surface area contributed by atoms with E-state index in [0.717, 1.165) is 86.8 Å². The highest BCUT2D eigenvalue weighted by molar-refractivity contribution is 7.15. The molecule has 1 unspecified atom stereocenters. The van der Waals surface area contributed by atoms with Crippen LogP contribution in [-0.2, 0) is 11.2 Å². The number of benzene rings is 3. The molecule has 0 fully saturated rings. The molecule has 3 aromatic carbocycles. The van der Waals surface area contributed by atoms with Gasteiger partial charge in [-0.3, -0.25) is 5.01 Å². The zero-order valence-electron chi connectivity index (χ0n) is 29.3. The van der Waals surface area contributed by atoms with Crippen LogP contribution in [0.15, 0.2) is 94.0 Å². The molecule has 0 aliphatic carbocycles. The number of unbranched alkanes of at least 4 members (excludes halogenated alkanes) is 6. The van der Waals surface area contributed by atoms with Crippen LogP contribution in [0.25, 0.3) is 28.6 Å². The molecule has 0 bridgehead atoms. The molecule has 6 rings (SSSR count). The Labute approximate surface area is 303 Å². The highest BCUT2D eigenvalue weighted by Gasteiger charge is 2.32. The van der Waals surface area contributed by atoms with Crippen molar-refractivity contribution in [2.45, 2.75) is 84.1 Å². The normalized spacial score (nSPS) is 14.5. The van der Waals surface area contributed by atoms with Crippen LogP contribution in [0.2, 0.25) is 0 Å². The van der Waals surface area contributed by atoms with Crippen LogP contribution in [-0.4, -0.2) is 28.4 Å². The van der Waals surface area contributed by atoms with Crippen LogP contribution >= 0.6 is 11.3 Å². The maximum Gasteiger partial charge on any atom is 0.346 e. The lowest BCUT2D eigenvalue weighted by Gasteiger charge is -2.24. The smallest absolute Gasteiger partial charge is 0.346 e. The van der Waals surface area contributed by atoms with Crippen molar-refractivity contribution in [3.05, 3.63) is 105 Å². The van der Waals surface area contributed by atoms with E-state index in [9.17, 15) is 15.2 Å². The Morgan fingerprint density at radius 3 is 2.45 bits per heavy atom. The fraction of sp³-hybridized carbons (Fsp3) is 0.333. The summed E-state index contributed by atoms with van der Waals surface area (Å²) < 4.78 is 12.1. The van der Waals surface area contributed by atoms with Gasteiger partial charge >= 0.3 is 5.97 Å². The molecule has 0 saturated carbocycles. The number of aryl methyl sites for hydroxylation is 1. The Hall–Kier alpha value is -5.20. The van der Waals surface area contributed by atoms with Crippen molar-refractivity contribution >= 4 is 45.9 Å². The minimum Gasteiger partial charge on any atom is -0.494 e. The summed E-state index contributed by atoms with van der Waals surface area (Å²) in [7, 11) is 0. The first kappa shape index (κ1) is 35.6. The van der Waals surface area contributed by atoms with E-state index in [1.54, 1.807) is 0 Å². The van der Waals surface area contributed by atoms with Gasteiger partial charge in [0.05, 0.1) is 28.9 Å². The molecule has 8 nitrogen and oxygen atoms in total. The molecule has 1 aliphatic heterocycles. The largest absolute Gasteiger partial charge is 0.494 e. The van der Waals surface area contributed by atoms with Gasteiger partial charge in [-0.05, 0) is 91.1 Å². The molecular formula is C42H44N4O4S. The predicted molar refractivity (Wildman–Crippen MR) is 205 cm³/mol. The summed E-state index contributed by atoms with van der Waals surface area (Å²) in [6.45, 7) is 5.11. The number of carbonyl (C=O) groups is 1. The van der Waals surface area contributed by atoms with Crippen molar-refractivity contribution in [1.29, 1.82) is 5.26 Å². The average molecular weight is 701 g/mol. The summed E-state index contributed by atoms with van der Waals surface area (Å²) in [6, 6.07) is 28.0.